The summed E-state index contributed by atoms with van der Waals surface area (Å²) in [5, 5.41) is 15.0. The predicted octanol–water partition coefficient (Wildman–Crippen LogP) is -1.00. The van der Waals surface area contributed by atoms with E-state index in [1.165, 1.54) is 0 Å². The smallest absolute Gasteiger partial charge is 0.267 e. The van der Waals surface area contributed by atoms with Crippen LogP contribution in [0.1, 0.15) is 19.8 Å². The summed E-state index contributed by atoms with van der Waals surface area (Å²) in [6.07, 6.45) is 0.660. The Morgan fingerprint density at radius 3 is 2.93 bits per heavy atom. The monoisotopic (exact) mass is 213 g/mol. The second-order valence-electron chi connectivity index (χ2n) is 3.59. The Kier molecular flexibility index (Phi) is 4.23. The van der Waals surface area contributed by atoms with Crippen molar-refractivity contribution in [3.63, 3.8) is 0 Å². The van der Waals surface area contributed by atoms with Gasteiger partial charge in [-0.2, -0.15) is 5.10 Å². The van der Waals surface area contributed by atoms with Gasteiger partial charge in [0.05, 0.1) is 0 Å². The number of carbonyl (C=O) groups is 2. The van der Waals surface area contributed by atoms with E-state index in [1.54, 1.807) is 0 Å². The molecule has 2 amide bonds. The molecule has 0 saturated heterocycles. The molecule has 3 N–H and O–H groups in total. The third-order valence-electron chi connectivity index (χ3n) is 2.09. The average Bonchev–Trinajstić information content (AvgIpc) is 2.26. The van der Waals surface area contributed by atoms with Crippen LogP contribution in [-0.2, 0) is 9.59 Å². The van der Waals surface area contributed by atoms with E-state index in [0.717, 1.165) is 0 Å². The lowest BCUT2D eigenvalue weighted by Gasteiger charge is -2.13. The molecular weight excluding hydrogens is 198 g/mol. The van der Waals surface area contributed by atoms with Crippen molar-refractivity contribution in [2.24, 2.45) is 11.0 Å². The standard InChI is InChI=1S/C9H15N3O3/c1-6(5-13)4-10-9(15)7-2-3-8(14)12-11-7/h6,13H,2-5H2,1H3,(H,10,15)(H,12,14). The molecule has 0 fully saturated rings. The van der Waals surface area contributed by atoms with Gasteiger partial charge in [-0.1, -0.05) is 6.92 Å². The normalized spacial score (nSPS) is 17.7. The maximum Gasteiger partial charge on any atom is 0.267 e. The second kappa shape index (κ2) is 5.45. The van der Waals surface area contributed by atoms with E-state index in [2.05, 4.69) is 15.8 Å². The Morgan fingerprint density at radius 1 is 1.67 bits per heavy atom. The van der Waals surface area contributed by atoms with Gasteiger partial charge in [-0.3, -0.25) is 9.59 Å². The fourth-order valence-electron chi connectivity index (χ4n) is 1.07. The van der Waals surface area contributed by atoms with Crippen LogP contribution in [0, 0.1) is 5.92 Å². The van der Waals surface area contributed by atoms with Crippen LogP contribution in [0.2, 0.25) is 0 Å². The van der Waals surface area contributed by atoms with Gasteiger partial charge in [-0.25, -0.2) is 5.43 Å². The zero-order valence-corrected chi connectivity index (χ0v) is 8.62. The molecule has 0 bridgehead atoms. The molecule has 0 radical (unpaired) electrons. The van der Waals surface area contributed by atoms with E-state index in [0.29, 0.717) is 25.1 Å². The molecule has 0 saturated carbocycles. The summed E-state index contributed by atoms with van der Waals surface area (Å²) < 4.78 is 0. The minimum absolute atomic E-state index is 0.0210. The molecule has 0 aliphatic carbocycles. The molecule has 15 heavy (non-hydrogen) atoms. The van der Waals surface area contributed by atoms with E-state index in [1.807, 2.05) is 6.92 Å². The molecule has 0 aromatic carbocycles. The molecule has 1 aliphatic rings. The van der Waals surface area contributed by atoms with Crippen molar-refractivity contribution >= 4 is 17.5 Å². The highest BCUT2D eigenvalue weighted by molar-refractivity contribution is 6.39. The van der Waals surface area contributed by atoms with Crippen molar-refractivity contribution in [2.45, 2.75) is 19.8 Å². The zero-order valence-electron chi connectivity index (χ0n) is 8.62. The highest BCUT2D eigenvalue weighted by Gasteiger charge is 2.18. The van der Waals surface area contributed by atoms with Gasteiger partial charge in [0.1, 0.15) is 5.71 Å². The Labute approximate surface area is 87.7 Å². The van der Waals surface area contributed by atoms with Gasteiger partial charge in [0, 0.05) is 26.0 Å². The number of hydrogen-bond acceptors (Lipinski definition) is 4. The van der Waals surface area contributed by atoms with Crippen LogP contribution in [0.15, 0.2) is 5.10 Å². The maximum absolute atomic E-state index is 11.5. The molecule has 6 nitrogen and oxygen atoms in total. The summed E-state index contributed by atoms with van der Waals surface area (Å²) in [6.45, 7) is 2.26. The van der Waals surface area contributed by atoms with E-state index in [4.69, 9.17) is 5.11 Å². The van der Waals surface area contributed by atoms with Crippen molar-refractivity contribution in [1.82, 2.24) is 10.7 Å². The van der Waals surface area contributed by atoms with Crippen LogP contribution < -0.4 is 10.7 Å². The third kappa shape index (κ3) is 3.67. The van der Waals surface area contributed by atoms with Crippen molar-refractivity contribution in [1.29, 1.82) is 0 Å². The van der Waals surface area contributed by atoms with Gasteiger partial charge in [0.15, 0.2) is 0 Å². The first-order valence-corrected chi connectivity index (χ1v) is 4.88. The molecule has 0 spiro atoms. The van der Waals surface area contributed by atoms with Crippen LogP contribution >= 0.6 is 0 Å². The van der Waals surface area contributed by atoms with Gasteiger partial charge >= 0.3 is 0 Å². The molecule has 84 valence electrons. The van der Waals surface area contributed by atoms with Crippen molar-refractivity contribution < 1.29 is 14.7 Å². The van der Waals surface area contributed by atoms with E-state index >= 15 is 0 Å². The number of carbonyl (C=O) groups excluding carboxylic acids is 2. The van der Waals surface area contributed by atoms with E-state index in [9.17, 15) is 9.59 Å². The number of hydrogen-bond donors (Lipinski definition) is 3. The molecule has 1 aliphatic heterocycles. The van der Waals surface area contributed by atoms with Crippen LogP contribution in [0.5, 0.6) is 0 Å². The van der Waals surface area contributed by atoms with Crippen LogP contribution in [0.25, 0.3) is 0 Å². The van der Waals surface area contributed by atoms with Crippen LogP contribution in [0.3, 0.4) is 0 Å². The molecule has 1 heterocycles. The molecule has 1 atom stereocenters. The van der Waals surface area contributed by atoms with Gasteiger partial charge in [-0.15, -0.1) is 0 Å². The fraction of sp³-hybridized carbons (Fsp3) is 0.667. The van der Waals surface area contributed by atoms with Gasteiger partial charge in [0.2, 0.25) is 5.91 Å². The lowest BCUT2D eigenvalue weighted by molar-refractivity contribution is -0.121. The fourth-order valence-corrected chi connectivity index (χ4v) is 1.07. The number of rotatable bonds is 4. The Hall–Kier alpha value is -1.43. The van der Waals surface area contributed by atoms with Crippen molar-refractivity contribution in [3.8, 4) is 0 Å². The van der Waals surface area contributed by atoms with E-state index in [-0.39, 0.29) is 24.3 Å². The van der Waals surface area contributed by atoms with Gasteiger partial charge in [-0.05, 0) is 5.92 Å². The molecule has 1 unspecified atom stereocenters. The Bertz CT molecular complexity index is 288. The average molecular weight is 213 g/mol. The lowest BCUT2D eigenvalue weighted by atomic mass is 10.1. The SMILES string of the molecule is CC(CO)CNC(=O)C1=NNC(=O)CC1. The molecule has 6 heteroatoms. The molecule has 1 rings (SSSR count). The van der Waals surface area contributed by atoms with Gasteiger partial charge in [0.25, 0.3) is 5.91 Å². The summed E-state index contributed by atoms with van der Waals surface area (Å²) in [4.78, 5) is 22.2. The predicted molar refractivity (Wildman–Crippen MR) is 54.1 cm³/mol. The molecule has 0 aromatic rings. The molecule has 0 aromatic heterocycles. The number of amides is 2. The Balaban J connectivity index is 2.37. The first-order valence-electron chi connectivity index (χ1n) is 4.88. The first-order chi connectivity index (χ1) is 7.13. The highest BCUT2D eigenvalue weighted by Crippen LogP contribution is 1.99. The first kappa shape index (κ1) is 11.6. The lowest BCUT2D eigenvalue weighted by Crippen LogP contribution is -2.38. The topological polar surface area (TPSA) is 90.8 Å². The largest absolute Gasteiger partial charge is 0.396 e. The maximum atomic E-state index is 11.5. The third-order valence-corrected chi connectivity index (χ3v) is 2.09. The highest BCUT2D eigenvalue weighted by atomic mass is 16.3. The van der Waals surface area contributed by atoms with Crippen molar-refractivity contribution in [2.75, 3.05) is 13.2 Å². The zero-order chi connectivity index (χ0) is 11.3. The summed E-state index contributed by atoms with van der Waals surface area (Å²) in [6, 6.07) is 0. The van der Waals surface area contributed by atoms with Crippen LogP contribution in [0.4, 0.5) is 0 Å². The van der Waals surface area contributed by atoms with Gasteiger partial charge < -0.3 is 10.4 Å². The minimum atomic E-state index is -0.282. The summed E-state index contributed by atoms with van der Waals surface area (Å²) in [5.74, 6) is -0.432. The number of aliphatic hydroxyl groups is 1. The van der Waals surface area contributed by atoms with Crippen LogP contribution in [-0.4, -0.2) is 35.8 Å². The number of nitrogens with one attached hydrogen (secondary N) is 2. The quantitative estimate of drug-likeness (QED) is 0.559. The Morgan fingerprint density at radius 2 is 2.40 bits per heavy atom. The summed E-state index contributed by atoms with van der Waals surface area (Å²) >= 11 is 0. The summed E-state index contributed by atoms with van der Waals surface area (Å²) in [7, 11) is 0. The van der Waals surface area contributed by atoms with E-state index < -0.39 is 0 Å². The number of hydrazone groups is 1. The van der Waals surface area contributed by atoms with Crippen molar-refractivity contribution in [3.05, 3.63) is 0 Å². The number of nitrogens with zero attached hydrogens (tertiary/aromatic N) is 1. The molecular formula is C9H15N3O3. The number of aliphatic hydroxyl groups excluding tert-OH is 1. The minimum Gasteiger partial charge on any atom is -0.396 e. The summed E-state index contributed by atoms with van der Waals surface area (Å²) in [5.41, 5.74) is 2.59. The second-order valence-corrected chi connectivity index (χ2v) is 3.59.